The average molecular weight is 269 g/mol. The van der Waals surface area contributed by atoms with E-state index in [-0.39, 0.29) is 0 Å². The van der Waals surface area contributed by atoms with E-state index in [4.69, 9.17) is 0 Å². The zero-order valence-electron chi connectivity index (χ0n) is 12.5. The molecule has 106 valence electrons. The van der Waals surface area contributed by atoms with Crippen molar-refractivity contribution in [2.45, 2.75) is 45.6 Å². The monoisotopic (exact) mass is 269 g/mol. The van der Waals surface area contributed by atoms with Crippen LogP contribution in [0.4, 0.5) is 0 Å². The van der Waals surface area contributed by atoms with Gasteiger partial charge in [0.25, 0.3) is 0 Å². The highest BCUT2D eigenvalue weighted by Crippen LogP contribution is 2.33. The summed E-state index contributed by atoms with van der Waals surface area (Å²) in [6.45, 7) is 7.66. The average Bonchev–Trinajstić information content (AvgIpc) is 3.07. The second-order valence-corrected chi connectivity index (χ2v) is 6.03. The Morgan fingerprint density at radius 1 is 1.20 bits per heavy atom. The van der Waals surface area contributed by atoms with Gasteiger partial charge in [0.1, 0.15) is 0 Å². The quantitative estimate of drug-likeness (QED) is 0.886. The van der Waals surface area contributed by atoms with Crippen molar-refractivity contribution in [1.29, 1.82) is 0 Å². The molecule has 0 bridgehead atoms. The van der Waals surface area contributed by atoms with E-state index in [1.807, 2.05) is 0 Å². The smallest absolute Gasteiger partial charge is 0.0872 e. The zero-order chi connectivity index (χ0) is 14.1. The maximum atomic E-state index is 4.54. The molecule has 1 fully saturated rings. The van der Waals surface area contributed by atoms with Crippen LogP contribution in [0.5, 0.6) is 0 Å². The fourth-order valence-electron chi connectivity index (χ4n) is 3.02. The molecule has 1 aliphatic rings. The molecule has 1 unspecified atom stereocenters. The third kappa shape index (κ3) is 2.38. The van der Waals surface area contributed by atoms with Crippen LogP contribution in [-0.4, -0.2) is 16.7 Å². The zero-order valence-corrected chi connectivity index (χ0v) is 12.5. The fraction of sp³-hybridized carbons (Fsp3) is 0.471. The molecule has 20 heavy (non-hydrogen) atoms. The number of benzene rings is 1. The lowest BCUT2D eigenvalue weighted by Crippen LogP contribution is -2.14. The highest BCUT2D eigenvalue weighted by atomic mass is 15.1. The molecule has 1 aliphatic heterocycles. The minimum Gasteiger partial charge on any atom is -0.309 e. The summed E-state index contributed by atoms with van der Waals surface area (Å²) in [4.78, 5) is 0. The van der Waals surface area contributed by atoms with Crippen molar-refractivity contribution in [3.8, 4) is 11.1 Å². The van der Waals surface area contributed by atoms with Gasteiger partial charge in [-0.25, -0.2) is 0 Å². The normalized spacial score (nSPS) is 18.9. The molecule has 0 aliphatic carbocycles. The molecular weight excluding hydrogens is 246 g/mol. The first-order valence-corrected chi connectivity index (χ1v) is 7.55. The van der Waals surface area contributed by atoms with Crippen LogP contribution in [0.15, 0.2) is 24.3 Å². The fourth-order valence-corrected chi connectivity index (χ4v) is 3.02. The Morgan fingerprint density at radius 3 is 2.55 bits per heavy atom. The van der Waals surface area contributed by atoms with Gasteiger partial charge in [-0.05, 0) is 43.4 Å². The summed E-state index contributed by atoms with van der Waals surface area (Å²) in [7, 11) is 0. The molecule has 1 aromatic carbocycles. The summed E-state index contributed by atoms with van der Waals surface area (Å²) in [6.07, 6.45) is 2.42. The van der Waals surface area contributed by atoms with Gasteiger partial charge in [0.05, 0.1) is 11.7 Å². The second kappa shape index (κ2) is 5.41. The van der Waals surface area contributed by atoms with Crippen LogP contribution in [0.2, 0.25) is 0 Å². The molecule has 2 aromatic rings. The van der Waals surface area contributed by atoms with E-state index in [1.165, 1.54) is 35.2 Å². The Balaban J connectivity index is 1.98. The molecule has 0 radical (unpaired) electrons. The van der Waals surface area contributed by atoms with Crippen LogP contribution in [0.1, 0.15) is 55.6 Å². The van der Waals surface area contributed by atoms with Crippen molar-refractivity contribution in [3.05, 3.63) is 41.2 Å². The van der Waals surface area contributed by atoms with Crippen molar-refractivity contribution >= 4 is 0 Å². The Bertz CT molecular complexity index is 575. The SMILES string of the molecule is Cc1[nH]nc(C2CCCN2)c1-c1ccc(C(C)C)cc1. The van der Waals surface area contributed by atoms with Gasteiger partial charge in [-0.15, -0.1) is 0 Å². The number of hydrogen-bond acceptors (Lipinski definition) is 2. The first-order valence-electron chi connectivity index (χ1n) is 7.55. The Labute approximate surface area is 120 Å². The number of rotatable bonds is 3. The van der Waals surface area contributed by atoms with Gasteiger partial charge in [-0.3, -0.25) is 5.10 Å². The lowest BCUT2D eigenvalue weighted by Gasteiger charge is -2.12. The van der Waals surface area contributed by atoms with Crippen molar-refractivity contribution in [2.75, 3.05) is 6.54 Å². The second-order valence-electron chi connectivity index (χ2n) is 6.03. The highest BCUT2D eigenvalue weighted by Gasteiger charge is 2.23. The van der Waals surface area contributed by atoms with E-state index in [0.29, 0.717) is 12.0 Å². The van der Waals surface area contributed by atoms with E-state index < -0.39 is 0 Å². The summed E-state index contributed by atoms with van der Waals surface area (Å²) in [5.74, 6) is 0.575. The summed E-state index contributed by atoms with van der Waals surface area (Å²) < 4.78 is 0. The van der Waals surface area contributed by atoms with Gasteiger partial charge < -0.3 is 5.32 Å². The van der Waals surface area contributed by atoms with Gasteiger partial charge in [0.15, 0.2) is 0 Å². The molecule has 2 heterocycles. The van der Waals surface area contributed by atoms with Gasteiger partial charge in [0, 0.05) is 11.3 Å². The third-order valence-electron chi connectivity index (χ3n) is 4.23. The standard InChI is InChI=1S/C17H23N3/c1-11(2)13-6-8-14(9-7-13)16-12(3)19-20-17(16)15-5-4-10-18-15/h6-9,11,15,18H,4-5,10H2,1-3H3,(H,19,20). The first kappa shape index (κ1) is 13.4. The molecule has 0 saturated carbocycles. The molecule has 3 nitrogen and oxygen atoms in total. The number of aromatic amines is 1. The maximum absolute atomic E-state index is 4.54. The number of nitrogens with one attached hydrogen (secondary N) is 2. The lowest BCUT2D eigenvalue weighted by molar-refractivity contribution is 0.626. The lowest BCUT2D eigenvalue weighted by atomic mass is 9.95. The number of hydrogen-bond donors (Lipinski definition) is 2. The maximum Gasteiger partial charge on any atom is 0.0872 e. The van der Waals surface area contributed by atoms with E-state index in [9.17, 15) is 0 Å². The molecule has 2 N–H and O–H groups in total. The van der Waals surface area contributed by atoms with Gasteiger partial charge in [-0.1, -0.05) is 38.1 Å². The molecule has 1 atom stereocenters. The van der Waals surface area contributed by atoms with Crippen LogP contribution in [-0.2, 0) is 0 Å². The van der Waals surface area contributed by atoms with Crippen molar-refractivity contribution in [2.24, 2.45) is 0 Å². The van der Waals surface area contributed by atoms with Gasteiger partial charge in [0.2, 0.25) is 0 Å². The van der Waals surface area contributed by atoms with E-state index in [0.717, 1.165) is 12.2 Å². The van der Waals surface area contributed by atoms with Crippen LogP contribution < -0.4 is 5.32 Å². The number of aromatic nitrogens is 2. The number of aryl methyl sites for hydroxylation is 1. The third-order valence-corrected chi connectivity index (χ3v) is 4.23. The summed E-state index contributed by atoms with van der Waals surface area (Å²) >= 11 is 0. The number of H-pyrrole nitrogens is 1. The minimum atomic E-state index is 0.403. The predicted octanol–water partition coefficient (Wildman–Crippen LogP) is 3.93. The Kier molecular flexibility index (Phi) is 3.62. The largest absolute Gasteiger partial charge is 0.309 e. The summed E-state index contributed by atoms with van der Waals surface area (Å²) in [5, 5.41) is 11.2. The van der Waals surface area contributed by atoms with Crippen molar-refractivity contribution < 1.29 is 0 Å². The van der Waals surface area contributed by atoms with Crippen LogP contribution in [0.3, 0.4) is 0 Å². The van der Waals surface area contributed by atoms with Crippen LogP contribution in [0.25, 0.3) is 11.1 Å². The summed E-state index contributed by atoms with van der Waals surface area (Å²) in [6, 6.07) is 9.33. The molecule has 0 spiro atoms. The highest BCUT2D eigenvalue weighted by molar-refractivity contribution is 5.69. The van der Waals surface area contributed by atoms with Gasteiger partial charge >= 0.3 is 0 Å². The molecule has 1 saturated heterocycles. The topological polar surface area (TPSA) is 40.7 Å². The van der Waals surface area contributed by atoms with Crippen LogP contribution in [0, 0.1) is 6.92 Å². The molecule has 3 rings (SSSR count). The molecule has 0 amide bonds. The number of nitrogens with zero attached hydrogens (tertiary/aromatic N) is 1. The van der Waals surface area contributed by atoms with Gasteiger partial charge in [-0.2, -0.15) is 5.10 Å². The van der Waals surface area contributed by atoms with E-state index >= 15 is 0 Å². The predicted molar refractivity (Wildman–Crippen MR) is 82.8 cm³/mol. The van der Waals surface area contributed by atoms with Crippen molar-refractivity contribution in [1.82, 2.24) is 15.5 Å². The van der Waals surface area contributed by atoms with E-state index in [2.05, 4.69) is 60.6 Å². The minimum absolute atomic E-state index is 0.403. The molecule has 1 aromatic heterocycles. The first-order chi connectivity index (χ1) is 9.66. The van der Waals surface area contributed by atoms with Crippen LogP contribution >= 0.6 is 0 Å². The Hall–Kier alpha value is -1.61. The van der Waals surface area contributed by atoms with E-state index in [1.54, 1.807) is 0 Å². The molecule has 3 heteroatoms. The van der Waals surface area contributed by atoms with Crippen molar-refractivity contribution in [3.63, 3.8) is 0 Å². The Morgan fingerprint density at radius 2 is 1.95 bits per heavy atom. The molecular formula is C17H23N3. The summed E-state index contributed by atoms with van der Waals surface area (Å²) in [5.41, 5.74) is 6.27.